The lowest BCUT2D eigenvalue weighted by atomic mass is 9.93. The van der Waals surface area contributed by atoms with Crippen LogP contribution >= 0.6 is 0 Å². The minimum Gasteiger partial charge on any atom is -0.393 e. The van der Waals surface area contributed by atoms with E-state index in [-0.39, 0.29) is 23.8 Å². The van der Waals surface area contributed by atoms with Crippen LogP contribution in [0.2, 0.25) is 0 Å². The van der Waals surface area contributed by atoms with Crippen molar-refractivity contribution in [2.45, 2.75) is 44.8 Å². The van der Waals surface area contributed by atoms with Crippen LogP contribution in [0.3, 0.4) is 0 Å². The van der Waals surface area contributed by atoms with Gasteiger partial charge in [0.15, 0.2) is 5.78 Å². The molecule has 0 bridgehead atoms. The van der Waals surface area contributed by atoms with Gasteiger partial charge in [0.1, 0.15) is 5.82 Å². The van der Waals surface area contributed by atoms with Gasteiger partial charge in [0.05, 0.1) is 6.10 Å². The lowest BCUT2D eigenvalue weighted by molar-refractivity contribution is 0.0988. The van der Waals surface area contributed by atoms with Crippen molar-refractivity contribution >= 4 is 23.5 Å². The number of carbonyl (C=O) groups excluding carboxylic acids is 2. The van der Waals surface area contributed by atoms with Crippen molar-refractivity contribution in [1.82, 2.24) is 9.97 Å². The Kier molecular flexibility index (Phi) is 5.64. The average Bonchev–Trinajstić information content (AvgIpc) is 3.14. The molecule has 1 fully saturated rings. The van der Waals surface area contributed by atoms with Gasteiger partial charge in [-0.25, -0.2) is 4.98 Å². The highest BCUT2D eigenvalue weighted by Crippen LogP contribution is 2.39. The second kappa shape index (κ2) is 8.75. The summed E-state index contributed by atoms with van der Waals surface area (Å²) in [5.41, 5.74) is 3.16. The zero-order chi connectivity index (χ0) is 22.9. The van der Waals surface area contributed by atoms with E-state index in [9.17, 15) is 14.7 Å². The summed E-state index contributed by atoms with van der Waals surface area (Å²) < 4.78 is 0. The molecule has 1 heterocycles. The van der Waals surface area contributed by atoms with Crippen molar-refractivity contribution in [3.8, 4) is 11.1 Å². The molecule has 2 aliphatic carbocycles. The second-order valence-corrected chi connectivity index (χ2v) is 8.54. The zero-order valence-corrected chi connectivity index (χ0v) is 18.5. The van der Waals surface area contributed by atoms with Gasteiger partial charge in [0.2, 0.25) is 5.95 Å². The molecular weight excluding hydrogens is 416 g/mol. The van der Waals surface area contributed by atoms with E-state index in [2.05, 4.69) is 15.3 Å². The summed E-state index contributed by atoms with van der Waals surface area (Å²) in [6.45, 7) is 2.32. The van der Waals surface area contributed by atoms with Crippen LogP contribution in [0.4, 0.5) is 11.8 Å². The number of ketones is 1. The lowest BCUT2D eigenvalue weighted by Crippen LogP contribution is -2.33. The third-order valence-electron chi connectivity index (χ3n) is 6.49. The summed E-state index contributed by atoms with van der Waals surface area (Å²) in [4.78, 5) is 37.1. The first-order chi connectivity index (χ1) is 16.1. The maximum absolute atomic E-state index is 13.7. The molecule has 2 N–H and O–H groups in total. The quantitative estimate of drug-likeness (QED) is 0.484. The van der Waals surface area contributed by atoms with E-state index in [0.717, 1.165) is 31.2 Å². The van der Waals surface area contributed by atoms with E-state index in [1.54, 1.807) is 41.4 Å². The zero-order valence-electron chi connectivity index (χ0n) is 18.5. The lowest BCUT2D eigenvalue weighted by Gasteiger charge is -2.27. The standard InChI is InChI=1S/C26H26N4O3/c1-2-30(22-14-15-27-26(29-22)28-16-10-12-17(31)13-11-16)25(33)21-9-5-8-20-23(21)18-6-3-4-7-19(18)24(20)32/h3-9,14-17,31H,2,10-13H2,1H3,(H,27,28,29). The number of aromatic nitrogens is 2. The third kappa shape index (κ3) is 3.89. The molecule has 3 aromatic rings. The van der Waals surface area contributed by atoms with Gasteiger partial charge in [-0.2, -0.15) is 4.98 Å². The van der Waals surface area contributed by atoms with Crippen molar-refractivity contribution in [2.24, 2.45) is 0 Å². The monoisotopic (exact) mass is 442 g/mol. The number of anilines is 2. The van der Waals surface area contributed by atoms with E-state index in [1.807, 2.05) is 25.1 Å². The Bertz CT molecular complexity index is 1220. The number of carbonyl (C=O) groups is 2. The highest BCUT2D eigenvalue weighted by molar-refractivity contribution is 6.25. The number of amides is 1. The number of hydrogen-bond acceptors (Lipinski definition) is 6. The molecule has 0 spiro atoms. The van der Waals surface area contributed by atoms with Gasteiger partial charge < -0.3 is 10.4 Å². The number of nitrogens with zero attached hydrogens (tertiary/aromatic N) is 3. The fraction of sp³-hybridized carbons (Fsp3) is 0.308. The molecule has 2 aliphatic rings. The van der Waals surface area contributed by atoms with E-state index >= 15 is 0 Å². The van der Waals surface area contributed by atoms with Crippen LogP contribution in [-0.4, -0.2) is 45.5 Å². The summed E-state index contributed by atoms with van der Waals surface area (Å²) in [5.74, 6) is 0.721. The Morgan fingerprint density at radius 3 is 2.52 bits per heavy atom. The normalized spacial score (nSPS) is 19.0. The molecule has 2 aromatic carbocycles. The number of rotatable bonds is 5. The van der Waals surface area contributed by atoms with Gasteiger partial charge in [-0.05, 0) is 50.3 Å². The molecule has 1 aromatic heterocycles. The molecule has 0 radical (unpaired) electrons. The Labute approximate surface area is 192 Å². The summed E-state index contributed by atoms with van der Waals surface area (Å²) >= 11 is 0. The molecule has 0 saturated heterocycles. The van der Waals surface area contributed by atoms with E-state index in [1.165, 1.54) is 0 Å². The summed E-state index contributed by atoms with van der Waals surface area (Å²) in [6, 6.07) is 14.6. The second-order valence-electron chi connectivity index (χ2n) is 8.54. The van der Waals surface area contributed by atoms with Crippen LogP contribution in [-0.2, 0) is 0 Å². The molecule has 1 saturated carbocycles. The highest BCUT2D eigenvalue weighted by Gasteiger charge is 2.32. The molecule has 7 nitrogen and oxygen atoms in total. The van der Waals surface area contributed by atoms with E-state index in [4.69, 9.17) is 0 Å². The first-order valence-electron chi connectivity index (χ1n) is 11.4. The van der Waals surface area contributed by atoms with Crippen molar-refractivity contribution < 1.29 is 14.7 Å². The number of nitrogens with one attached hydrogen (secondary N) is 1. The molecule has 0 aliphatic heterocycles. The van der Waals surface area contributed by atoms with Crippen LogP contribution in [0.15, 0.2) is 54.7 Å². The fourth-order valence-corrected chi connectivity index (χ4v) is 4.78. The minimum atomic E-state index is -0.229. The van der Waals surface area contributed by atoms with E-state index < -0.39 is 0 Å². The first kappa shape index (κ1) is 21.3. The van der Waals surface area contributed by atoms with Gasteiger partial charge in [-0.15, -0.1) is 0 Å². The largest absolute Gasteiger partial charge is 0.393 e. The molecule has 1 amide bonds. The minimum absolute atomic E-state index is 0.0515. The molecule has 33 heavy (non-hydrogen) atoms. The van der Waals surface area contributed by atoms with Gasteiger partial charge in [0, 0.05) is 41.0 Å². The van der Waals surface area contributed by atoms with Crippen LogP contribution in [0, 0.1) is 0 Å². The summed E-state index contributed by atoms with van der Waals surface area (Å²) in [5, 5.41) is 13.1. The van der Waals surface area contributed by atoms with Crippen molar-refractivity contribution in [2.75, 3.05) is 16.8 Å². The number of aliphatic hydroxyl groups is 1. The number of aliphatic hydroxyl groups excluding tert-OH is 1. The summed E-state index contributed by atoms with van der Waals surface area (Å²) in [7, 11) is 0. The topological polar surface area (TPSA) is 95.4 Å². The average molecular weight is 443 g/mol. The molecule has 0 unspecified atom stereocenters. The Morgan fingerprint density at radius 1 is 1.03 bits per heavy atom. The molecular formula is C26H26N4O3. The third-order valence-corrected chi connectivity index (χ3v) is 6.49. The van der Waals surface area contributed by atoms with Gasteiger partial charge in [-0.3, -0.25) is 14.5 Å². The smallest absolute Gasteiger partial charge is 0.260 e. The van der Waals surface area contributed by atoms with Crippen molar-refractivity contribution in [1.29, 1.82) is 0 Å². The number of hydrogen-bond donors (Lipinski definition) is 2. The first-order valence-corrected chi connectivity index (χ1v) is 11.4. The van der Waals surface area contributed by atoms with Gasteiger partial charge >= 0.3 is 0 Å². The van der Waals surface area contributed by atoms with Crippen LogP contribution in [0.1, 0.15) is 58.9 Å². The number of benzene rings is 2. The van der Waals surface area contributed by atoms with Crippen molar-refractivity contribution in [3.63, 3.8) is 0 Å². The Balaban J connectivity index is 1.45. The van der Waals surface area contributed by atoms with Crippen LogP contribution in [0.5, 0.6) is 0 Å². The molecule has 7 heteroatoms. The fourth-order valence-electron chi connectivity index (χ4n) is 4.78. The highest BCUT2D eigenvalue weighted by atomic mass is 16.3. The Hall–Kier alpha value is -3.58. The van der Waals surface area contributed by atoms with Crippen LogP contribution < -0.4 is 10.2 Å². The van der Waals surface area contributed by atoms with Crippen LogP contribution in [0.25, 0.3) is 11.1 Å². The predicted octanol–water partition coefficient (Wildman–Crippen LogP) is 4.07. The SMILES string of the molecule is CCN(C(=O)c1cccc2c1-c1ccccc1C2=O)c1ccnc(NC2CCC(O)CC2)n1. The van der Waals surface area contributed by atoms with Gasteiger partial charge in [-0.1, -0.05) is 36.4 Å². The molecule has 0 atom stereocenters. The summed E-state index contributed by atoms with van der Waals surface area (Å²) in [6.07, 6.45) is 4.65. The van der Waals surface area contributed by atoms with Gasteiger partial charge in [0.25, 0.3) is 5.91 Å². The maximum Gasteiger partial charge on any atom is 0.260 e. The molecule has 168 valence electrons. The van der Waals surface area contributed by atoms with E-state index in [0.29, 0.717) is 40.6 Å². The van der Waals surface area contributed by atoms with Crippen molar-refractivity contribution in [3.05, 3.63) is 71.4 Å². The predicted molar refractivity (Wildman–Crippen MR) is 127 cm³/mol. The molecule has 5 rings (SSSR count). The Morgan fingerprint density at radius 2 is 1.76 bits per heavy atom. The number of fused-ring (bicyclic) bond motifs is 3. The maximum atomic E-state index is 13.7.